The molecule has 198 valence electrons. The quantitative estimate of drug-likeness (QED) is 0.128. The van der Waals surface area contributed by atoms with Crippen molar-refractivity contribution in [2.24, 2.45) is 5.16 Å². The fraction of sp³-hybridized carbons (Fsp3) is 0.238. The van der Waals surface area contributed by atoms with Crippen LogP contribution < -0.4 is 15.6 Å². The minimum absolute atomic E-state index is 0.0296. The molecule has 0 aliphatic carbocycles. The predicted molar refractivity (Wildman–Crippen MR) is 130 cm³/mol. The van der Waals surface area contributed by atoms with Crippen molar-refractivity contribution >= 4 is 57.9 Å². The molecular weight excluding hydrogens is 545 g/mol. The number of carboxylic acid groups (broad SMARTS) is 2. The number of carbonyl (C=O) groups is 4. The van der Waals surface area contributed by atoms with Crippen molar-refractivity contribution in [2.75, 3.05) is 18.3 Å². The van der Waals surface area contributed by atoms with Crippen LogP contribution >= 0.6 is 23.3 Å². The van der Waals surface area contributed by atoms with E-state index in [1.54, 1.807) is 29.1 Å². The van der Waals surface area contributed by atoms with E-state index in [4.69, 9.17) is 10.8 Å². The van der Waals surface area contributed by atoms with Crippen LogP contribution in [0.25, 0.3) is 0 Å². The highest BCUT2D eigenvalue weighted by Crippen LogP contribution is 2.40. The number of amides is 2. The maximum atomic E-state index is 12.9. The highest BCUT2D eigenvalue weighted by molar-refractivity contribution is 8.00. The van der Waals surface area contributed by atoms with Gasteiger partial charge in [0.25, 0.3) is 18.7 Å². The number of thioether (sulfide) groups is 1. The van der Waals surface area contributed by atoms with Gasteiger partial charge in [-0.25, -0.2) is 18.5 Å². The topological polar surface area (TPSA) is 201 Å². The first-order valence-corrected chi connectivity index (χ1v) is 12.5. The molecule has 38 heavy (non-hydrogen) atoms. The van der Waals surface area contributed by atoms with Gasteiger partial charge in [0, 0.05) is 29.4 Å². The van der Waals surface area contributed by atoms with Crippen molar-refractivity contribution in [1.82, 2.24) is 19.6 Å². The third-order valence-electron chi connectivity index (χ3n) is 5.33. The molecule has 0 unspecified atom stereocenters. The number of hydrogen-bond acceptors (Lipinski definition) is 11. The molecule has 5 N–H and O–H groups in total. The molecule has 0 saturated carbocycles. The molecule has 14 nitrogen and oxygen atoms in total. The Balaban J connectivity index is 1.47. The largest absolute Gasteiger partial charge is 0.478 e. The van der Waals surface area contributed by atoms with Crippen LogP contribution in [0.15, 0.2) is 53.1 Å². The summed E-state index contributed by atoms with van der Waals surface area (Å²) in [5.41, 5.74) is 5.34. The van der Waals surface area contributed by atoms with Gasteiger partial charge in [-0.1, -0.05) is 11.2 Å². The zero-order chi connectivity index (χ0) is 27.4. The fourth-order valence-electron chi connectivity index (χ4n) is 3.62. The number of allylic oxidation sites excluding steroid dienone is 2. The molecular formula is C21H19FN7O7S2+. The van der Waals surface area contributed by atoms with E-state index in [1.165, 1.54) is 23.9 Å². The van der Waals surface area contributed by atoms with Crippen LogP contribution in [-0.4, -0.2) is 78.0 Å². The average molecular weight is 565 g/mol. The Kier molecular flexibility index (Phi) is 7.96. The number of pyridine rings is 1. The Hall–Kier alpha value is -4.38. The van der Waals surface area contributed by atoms with E-state index >= 15 is 0 Å². The van der Waals surface area contributed by atoms with Crippen molar-refractivity contribution < 1.29 is 43.2 Å². The minimum Gasteiger partial charge on any atom is -0.478 e. The maximum absolute atomic E-state index is 12.9. The number of fused-ring (bicyclic) bond motifs is 1. The number of hydrogen-bond donors (Lipinski definition) is 4. The Morgan fingerprint density at radius 3 is 2.66 bits per heavy atom. The molecule has 0 aromatic carbocycles. The van der Waals surface area contributed by atoms with Crippen LogP contribution in [0.4, 0.5) is 9.52 Å². The summed E-state index contributed by atoms with van der Waals surface area (Å²) < 4.78 is 18.0. The lowest BCUT2D eigenvalue weighted by Crippen LogP contribution is -2.71. The zero-order valence-electron chi connectivity index (χ0n) is 19.2. The van der Waals surface area contributed by atoms with Crippen molar-refractivity contribution in [3.8, 4) is 0 Å². The summed E-state index contributed by atoms with van der Waals surface area (Å²) in [4.78, 5) is 57.9. The molecule has 2 atom stereocenters. The number of aromatic nitrogens is 3. The van der Waals surface area contributed by atoms with Crippen molar-refractivity contribution in [2.45, 2.75) is 18.0 Å². The van der Waals surface area contributed by atoms with Crippen molar-refractivity contribution in [1.29, 1.82) is 0 Å². The SMILES string of the molecule is Nc1nc(/C(=N/OCF)C(=O)N[C@@H]2C(=O)N3C(C(=O)O)=C(/C=C/C[n+]4ccc(C(=O)O)cc4)CS[C@H]23)ns1. The second-order valence-electron chi connectivity index (χ2n) is 7.67. The van der Waals surface area contributed by atoms with Crippen LogP contribution in [0.1, 0.15) is 16.2 Å². The van der Waals surface area contributed by atoms with Crippen LogP contribution in [-0.2, 0) is 25.8 Å². The number of nitrogen functional groups attached to an aromatic ring is 1. The Bertz CT molecular complexity index is 1380. The number of β-lactam (4-membered cyclic amide) rings is 1. The first kappa shape index (κ1) is 26.7. The lowest BCUT2D eigenvalue weighted by molar-refractivity contribution is -0.687. The number of nitrogens with zero attached hydrogens (tertiary/aromatic N) is 5. The summed E-state index contributed by atoms with van der Waals surface area (Å²) >= 11 is 2.02. The molecule has 17 heteroatoms. The monoisotopic (exact) mass is 564 g/mol. The number of carboxylic acids is 2. The van der Waals surface area contributed by atoms with Gasteiger partial charge in [0.2, 0.25) is 11.5 Å². The number of aromatic carboxylic acids is 1. The summed E-state index contributed by atoms with van der Waals surface area (Å²) in [5.74, 6) is -3.92. The number of carbonyl (C=O) groups excluding carboxylic acids is 2. The third kappa shape index (κ3) is 5.47. The van der Waals surface area contributed by atoms with Crippen LogP contribution in [0.2, 0.25) is 0 Å². The lowest BCUT2D eigenvalue weighted by atomic mass is 10.0. The molecule has 0 radical (unpaired) electrons. The highest BCUT2D eigenvalue weighted by Gasteiger charge is 2.54. The lowest BCUT2D eigenvalue weighted by Gasteiger charge is -2.49. The Labute approximate surface area is 221 Å². The summed E-state index contributed by atoms with van der Waals surface area (Å²) in [6.07, 6.45) is 6.41. The number of nitrogens with one attached hydrogen (secondary N) is 1. The number of oxime groups is 1. The van der Waals surface area contributed by atoms with E-state index in [2.05, 4.69) is 24.7 Å². The number of rotatable bonds is 10. The third-order valence-corrected chi connectivity index (χ3v) is 7.18. The molecule has 1 saturated heterocycles. The Morgan fingerprint density at radius 2 is 2.05 bits per heavy atom. The zero-order valence-corrected chi connectivity index (χ0v) is 20.8. The molecule has 2 aliphatic heterocycles. The van der Waals surface area contributed by atoms with Crippen LogP contribution in [0.5, 0.6) is 0 Å². The summed E-state index contributed by atoms with van der Waals surface area (Å²) in [7, 11) is 0. The van der Waals surface area contributed by atoms with E-state index < -0.39 is 47.7 Å². The highest BCUT2D eigenvalue weighted by atomic mass is 32.2. The molecule has 1 fully saturated rings. The van der Waals surface area contributed by atoms with E-state index in [9.17, 15) is 28.7 Å². The number of nitrogens with two attached hydrogens (primary N) is 1. The van der Waals surface area contributed by atoms with E-state index in [-0.39, 0.29) is 28.0 Å². The van der Waals surface area contributed by atoms with Gasteiger partial charge in [-0.15, -0.1) is 11.8 Å². The van der Waals surface area contributed by atoms with Gasteiger partial charge in [0.1, 0.15) is 17.1 Å². The molecule has 2 aliphatic rings. The smallest absolute Gasteiger partial charge is 0.352 e. The molecule has 0 bridgehead atoms. The molecule has 2 amide bonds. The summed E-state index contributed by atoms with van der Waals surface area (Å²) in [5, 5.41) is 23.9. The average Bonchev–Trinajstić information content (AvgIpc) is 3.32. The van der Waals surface area contributed by atoms with Crippen LogP contribution in [0.3, 0.4) is 0 Å². The van der Waals surface area contributed by atoms with Gasteiger partial charge in [-0.05, 0) is 11.6 Å². The maximum Gasteiger partial charge on any atom is 0.352 e. The summed E-state index contributed by atoms with van der Waals surface area (Å²) in [6, 6.07) is 1.79. The molecule has 4 rings (SSSR count). The molecule has 4 heterocycles. The van der Waals surface area contributed by atoms with Gasteiger partial charge in [-0.3, -0.25) is 14.5 Å². The predicted octanol–water partition coefficient (Wildman–Crippen LogP) is -0.251. The first-order valence-electron chi connectivity index (χ1n) is 10.7. The van der Waals surface area contributed by atoms with Crippen LogP contribution in [0, 0.1) is 0 Å². The summed E-state index contributed by atoms with van der Waals surface area (Å²) in [6.45, 7) is -0.991. The van der Waals surface area contributed by atoms with E-state index in [0.717, 1.165) is 16.4 Å². The number of halogens is 1. The van der Waals surface area contributed by atoms with Gasteiger partial charge in [-0.2, -0.15) is 9.36 Å². The van der Waals surface area contributed by atoms with Gasteiger partial charge in [0.05, 0.1) is 5.56 Å². The number of anilines is 1. The van der Waals surface area contributed by atoms with Crippen molar-refractivity contribution in [3.05, 3.63) is 59.3 Å². The van der Waals surface area contributed by atoms with Gasteiger partial charge < -0.3 is 26.1 Å². The molecule has 2 aromatic rings. The fourth-order valence-corrected chi connectivity index (χ4v) is 5.38. The second kappa shape index (κ2) is 11.3. The normalized spacial score (nSPS) is 19.2. The van der Waals surface area contributed by atoms with Crippen molar-refractivity contribution in [3.63, 3.8) is 0 Å². The molecule has 2 aromatic heterocycles. The van der Waals surface area contributed by atoms with E-state index in [0.29, 0.717) is 12.1 Å². The number of aliphatic carboxylic acids is 1. The second-order valence-corrected chi connectivity index (χ2v) is 9.55. The minimum atomic E-state index is -1.32. The first-order chi connectivity index (χ1) is 18.2. The van der Waals surface area contributed by atoms with Gasteiger partial charge >= 0.3 is 11.9 Å². The Morgan fingerprint density at radius 1 is 1.32 bits per heavy atom. The van der Waals surface area contributed by atoms with Gasteiger partial charge in [0.15, 0.2) is 24.1 Å². The van der Waals surface area contributed by atoms with E-state index in [1.807, 2.05) is 0 Å². The molecule has 0 spiro atoms. The standard InChI is InChI=1S/C21H18FN7O7S2/c22-9-36-26-12(15-25-21(23)38-27-15)16(30)24-13-17(31)29-14(20(34)35)11(8-37-18(13)29)2-1-5-28-6-3-10(4-7-28)19(32)33/h1-4,6-7,13,18H,5,8-9H2,(H4-,23,24,25,27,30,32,33,34,35)/p+1/b2-1+,26-12-/t13-,18-/m1/s1. The number of alkyl halides is 1.